The number of para-hydroxylation sites is 1. The van der Waals surface area contributed by atoms with E-state index in [-0.39, 0.29) is 5.97 Å². The third-order valence-electron chi connectivity index (χ3n) is 6.27. The summed E-state index contributed by atoms with van der Waals surface area (Å²) in [6, 6.07) is 11.8. The van der Waals surface area contributed by atoms with E-state index in [4.69, 9.17) is 19.4 Å². The minimum absolute atomic E-state index is 0.363. The van der Waals surface area contributed by atoms with Crippen LogP contribution in [0.15, 0.2) is 36.4 Å². The van der Waals surface area contributed by atoms with Crippen molar-refractivity contribution in [1.82, 2.24) is 19.1 Å². The van der Waals surface area contributed by atoms with E-state index >= 15 is 0 Å². The van der Waals surface area contributed by atoms with Gasteiger partial charge in [0.15, 0.2) is 0 Å². The highest BCUT2D eigenvalue weighted by atomic mass is 16.5. The number of unbranched alkanes of at least 4 members (excludes halogenated alkanes) is 1. The number of esters is 1. The van der Waals surface area contributed by atoms with E-state index in [0.29, 0.717) is 18.1 Å². The van der Waals surface area contributed by atoms with Gasteiger partial charge in [-0.15, -0.1) is 0 Å². The summed E-state index contributed by atoms with van der Waals surface area (Å²) in [6.45, 7) is 9.73. The number of aryl methyl sites for hydroxylation is 1. The predicted molar refractivity (Wildman–Crippen MR) is 145 cm³/mol. The number of imidazole rings is 2. The molecule has 8 heteroatoms. The number of benzene rings is 2. The van der Waals surface area contributed by atoms with Crippen LogP contribution in [0.4, 0.5) is 5.95 Å². The molecule has 4 aromatic rings. The van der Waals surface area contributed by atoms with Crippen LogP contribution in [0, 0.1) is 5.92 Å². The number of rotatable bonds is 12. The van der Waals surface area contributed by atoms with Crippen molar-refractivity contribution in [3.8, 4) is 11.4 Å². The number of hydrogen-bond acceptors (Lipinski definition) is 6. The molecule has 0 spiro atoms. The molecule has 0 aliphatic carbocycles. The highest BCUT2D eigenvalue weighted by Crippen LogP contribution is 2.34. The lowest BCUT2D eigenvalue weighted by atomic mass is 10.1. The molecule has 2 aromatic carbocycles. The maximum atomic E-state index is 12.2. The summed E-state index contributed by atoms with van der Waals surface area (Å²) in [4.78, 5) is 22.2. The van der Waals surface area contributed by atoms with Gasteiger partial charge in [-0.1, -0.05) is 33.3 Å². The number of ether oxygens (including phenoxy) is 2. The van der Waals surface area contributed by atoms with Crippen molar-refractivity contribution in [2.45, 2.75) is 53.1 Å². The molecule has 0 atom stereocenters. The number of carbonyl (C=O) groups is 1. The van der Waals surface area contributed by atoms with Crippen molar-refractivity contribution in [3.63, 3.8) is 0 Å². The van der Waals surface area contributed by atoms with E-state index in [9.17, 15) is 4.79 Å². The van der Waals surface area contributed by atoms with Crippen LogP contribution in [0.2, 0.25) is 0 Å². The molecular weight excluding hydrogens is 454 g/mol. The number of hydrogen-bond donors (Lipinski definition) is 1. The van der Waals surface area contributed by atoms with Crippen LogP contribution in [0.1, 0.15) is 50.4 Å². The van der Waals surface area contributed by atoms with Gasteiger partial charge in [0.05, 0.1) is 34.7 Å². The van der Waals surface area contributed by atoms with E-state index in [1.165, 1.54) is 7.11 Å². The summed E-state index contributed by atoms with van der Waals surface area (Å²) >= 11 is 0. The van der Waals surface area contributed by atoms with Gasteiger partial charge in [-0.2, -0.15) is 0 Å². The number of fused-ring (bicyclic) bond motifs is 2. The Balaban J connectivity index is 1.91. The SMILES string of the molecule is CCCCNc1nc2cccc(-c3nc4cc(C(=O)OC)ccc4n3CC(C)C)c2n1CCCOC. The van der Waals surface area contributed by atoms with Crippen LogP contribution in [-0.4, -0.2) is 52.4 Å². The number of carbonyl (C=O) groups excluding carboxylic acids is 1. The summed E-state index contributed by atoms with van der Waals surface area (Å²) in [5.41, 5.74) is 5.28. The number of anilines is 1. The molecule has 0 fully saturated rings. The minimum Gasteiger partial charge on any atom is -0.465 e. The van der Waals surface area contributed by atoms with Gasteiger partial charge in [-0.3, -0.25) is 0 Å². The van der Waals surface area contributed by atoms with E-state index in [1.807, 2.05) is 24.3 Å². The summed E-state index contributed by atoms with van der Waals surface area (Å²) in [6.07, 6.45) is 3.08. The van der Waals surface area contributed by atoms with Crippen molar-refractivity contribution in [2.75, 3.05) is 32.7 Å². The molecule has 0 saturated heterocycles. The molecule has 2 heterocycles. The number of nitrogens with one attached hydrogen (secondary N) is 1. The maximum Gasteiger partial charge on any atom is 0.337 e. The number of nitrogens with zero attached hydrogens (tertiary/aromatic N) is 4. The van der Waals surface area contributed by atoms with Crippen LogP contribution in [0.5, 0.6) is 0 Å². The Kier molecular flexibility index (Phi) is 8.25. The molecule has 4 rings (SSSR count). The van der Waals surface area contributed by atoms with Crippen LogP contribution in [-0.2, 0) is 22.6 Å². The van der Waals surface area contributed by atoms with E-state index in [0.717, 1.165) is 78.3 Å². The first-order valence-electron chi connectivity index (χ1n) is 12.8. The zero-order valence-corrected chi connectivity index (χ0v) is 22.0. The summed E-state index contributed by atoms with van der Waals surface area (Å²) in [7, 11) is 3.13. The van der Waals surface area contributed by atoms with Gasteiger partial charge < -0.3 is 23.9 Å². The van der Waals surface area contributed by atoms with Crippen LogP contribution < -0.4 is 5.32 Å². The standard InChI is InChI=1S/C28H37N5O3/c1-6-7-14-29-28-31-22-11-8-10-21(25(22)32(28)15-9-16-35-4)26-30-23-17-20(27(34)36-5)12-13-24(23)33(26)18-19(2)3/h8,10-13,17,19H,6-7,9,14-16,18H2,1-5H3,(H,29,31). The highest BCUT2D eigenvalue weighted by Gasteiger charge is 2.21. The normalized spacial score (nSPS) is 11.6. The Hall–Kier alpha value is -3.39. The largest absolute Gasteiger partial charge is 0.465 e. The fourth-order valence-corrected chi connectivity index (χ4v) is 4.59. The molecule has 0 unspecified atom stereocenters. The number of methoxy groups -OCH3 is 2. The Morgan fingerprint density at radius 1 is 1.06 bits per heavy atom. The minimum atomic E-state index is -0.363. The second kappa shape index (κ2) is 11.6. The molecule has 0 amide bonds. The van der Waals surface area contributed by atoms with E-state index < -0.39 is 0 Å². The smallest absolute Gasteiger partial charge is 0.337 e. The molecule has 8 nitrogen and oxygen atoms in total. The van der Waals surface area contributed by atoms with Gasteiger partial charge >= 0.3 is 5.97 Å². The Morgan fingerprint density at radius 3 is 2.61 bits per heavy atom. The van der Waals surface area contributed by atoms with Gasteiger partial charge in [-0.05, 0) is 49.1 Å². The van der Waals surface area contributed by atoms with Crippen molar-refractivity contribution in [2.24, 2.45) is 5.92 Å². The first kappa shape index (κ1) is 25.7. The average Bonchev–Trinajstić information content (AvgIpc) is 3.41. The molecule has 0 bridgehead atoms. The van der Waals surface area contributed by atoms with Crippen molar-refractivity contribution in [1.29, 1.82) is 0 Å². The van der Waals surface area contributed by atoms with Gasteiger partial charge in [0.1, 0.15) is 5.82 Å². The summed E-state index contributed by atoms with van der Waals surface area (Å²) in [5.74, 6) is 1.80. The van der Waals surface area contributed by atoms with Crippen molar-refractivity contribution in [3.05, 3.63) is 42.0 Å². The molecule has 192 valence electrons. The zero-order chi connectivity index (χ0) is 25.7. The van der Waals surface area contributed by atoms with Gasteiger partial charge in [0.2, 0.25) is 5.95 Å². The summed E-state index contributed by atoms with van der Waals surface area (Å²) < 4.78 is 14.8. The third kappa shape index (κ3) is 5.23. The Labute approximate surface area is 212 Å². The molecule has 36 heavy (non-hydrogen) atoms. The quantitative estimate of drug-likeness (QED) is 0.201. The molecule has 0 aliphatic rings. The van der Waals surface area contributed by atoms with Crippen LogP contribution in [0.3, 0.4) is 0 Å². The third-order valence-corrected chi connectivity index (χ3v) is 6.27. The lowest BCUT2D eigenvalue weighted by Crippen LogP contribution is -2.11. The lowest BCUT2D eigenvalue weighted by molar-refractivity contribution is 0.0601. The molecule has 0 saturated carbocycles. The molecule has 0 radical (unpaired) electrons. The second-order valence-electron chi connectivity index (χ2n) is 9.52. The highest BCUT2D eigenvalue weighted by molar-refractivity contribution is 5.97. The second-order valence-corrected chi connectivity index (χ2v) is 9.52. The lowest BCUT2D eigenvalue weighted by Gasteiger charge is -2.15. The van der Waals surface area contributed by atoms with Crippen molar-refractivity contribution >= 4 is 34.0 Å². The zero-order valence-electron chi connectivity index (χ0n) is 22.0. The predicted octanol–water partition coefficient (Wildman–Crippen LogP) is 5.74. The van der Waals surface area contributed by atoms with Crippen molar-refractivity contribution < 1.29 is 14.3 Å². The number of aromatic nitrogens is 4. The molecule has 1 N–H and O–H groups in total. The summed E-state index contributed by atoms with van der Waals surface area (Å²) in [5, 5.41) is 3.54. The Bertz CT molecular complexity index is 1340. The molecule has 2 aromatic heterocycles. The maximum absolute atomic E-state index is 12.2. The Morgan fingerprint density at radius 2 is 1.89 bits per heavy atom. The van der Waals surface area contributed by atoms with Gasteiger partial charge in [0.25, 0.3) is 0 Å². The van der Waals surface area contributed by atoms with E-state index in [1.54, 1.807) is 7.11 Å². The van der Waals surface area contributed by atoms with Crippen LogP contribution in [0.25, 0.3) is 33.5 Å². The van der Waals surface area contributed by atoms with E-state index in [2.05, 4.69) is 47.4 Å². The van der Waals surface area contributed by atoms with Gasteiger partial charge in [-0.25, -0.2) is 14.8 Å². The monoisotopic (exact) mass is 491 g/mol. The average molecular weight is 492 g/mol. The van der Waals surface area contributed by atoms with Gasteiger partial charge in [0, 0.05) is 38.9 Å². The molecule has 0 aliphatic heterocycles. The van der Waals surface area contributed by atoms with Crippen LogP contribution >= 0.6 is 0 Å². The topological polar surface area (TPSA) is 83.2 Å². The first-order valence-corrected chi connectivity index (χ1v) is 12.8. The fourth-order valence-electron chi connectivity index (χ4n) is 4.59. The molecular formula is C28H37N5O3. The fraction of sp³-hybridized carbons (Fsp3) is 0.464. The first-order chi connectivity index (χ1) is 17.5.